The van der Waals surface area contributed by atoms with Gasteiger partial charge in [0.2, 0.25) is 0 Å². The lowest BCUT2D eigenvalue weighted by Crippen LogP contribution is -1.92. The van der Waals surface area contributed by atoms with Crippen LogP contribution in [-0.2, 0) is 0 Å². The summed E-state index contributed by atoms with van der Waals surface area (Å²) in [7, 11) is 0. The molecule has 2 aromatic carbocycles. The molecule has 0 aromatic heterocycles. The Morgan fingerprint density at radius 1 is 1.00 bits per heavy atom. The molecule has 0 saturated carbocycles. The largest absolute Gasteiger partial charge is 0.289 e. The second kappa shape index (κ2) is 6.72. The van der Waals surface area contributed by atoms with Gasteiger partial charge in [-0.25, -0.2) is 0 Å². The van der Waals surface area contributed by atoms with Crippen LogP contribution in [0.4, 0.5) is 0 Å². The first-order valence-electron chi connectivity index (χ1n) is 5.79. The molecule has 1 nitrogen and oxygen atoms in total. The zero-order valence-electron chi connectivity index (χ0n) is 10.1. The smallest absolute Gasteiger partial charge is 0.186 e. The highest BCUT2D eigenvalue weighted by atomic mass is 79.9. The van der Waals surface area contributed by atoms with Gasteiger partial charge >= 0.3 is 0 Å². The zero-order chi connectivity index (χ0) is 13.5. The lowest BCUT2D eigenvalue weighted by molar-refractivity contribution is 0.104. The van der Waals surface area contributed by atoms with Crippen molar-refractivity contribution in [1.82, 2.24) is 0 Å². The van der Waals surface area contributed by atoms with Gasteiger partial charge in [-0.15, -0.1) is 0 Å². The van der Waals surface area contributed by atoms with Gasteiger partial charge in [-0.1, -0.05) is 46.0 Å². The summed E-state index contributed by atoms with van der Waals surface area (Å²) in [5.41, 5.74) is 1.59. The highest BCUT2D eigenvalue weighted by Crippen LogP contribution is 2.11. The molecule has 0 amide bonds. The SMILES string of the molecule is O=C(/C=C/C#Cc1ccccc1)c1ccc(Br)cc1. The molecule has 0 atom stereocenters. The molecule has 0 saturated heterocycles. The molecule has 0 aliphatic rings. The first-order valence-corrected chi connectivity index (χ1v) is 6.58. The van der Waals surface area contributed by atoms with Crippen LogP contribution in [0.5, 0.6) is 0 Å². The number of benzene rings is 2. The van der Waals surface area contributed by atoms with E-state index in [2.05, 4.69) is 27.8 Å². The normalized spacial score (nSPS) is 9.95. The summed E-state index contributed by atoms with van der Waals surface area (Å²) in [6, 6.07) is 16.9. The van der Waals surface area contributed by atoms with Gasteiger partial charge in [0.25, 0.3) is 0 Å². The number of allylic oxidation sites excluding steroid dienone is 2. The lowest BCUT2D eigenvalue weighted by Gasteiger charge is -1.94. The maximum absolute atomic E-state index is 11.8. The van der Waals surface area contributed by atoms with Gasteiger partial charge < -0.3 is 0 Å². The van der Waals surface area contributed by atoms with E-state index < -0.39 is 0 Å². The number of ketones is 1. The zero-order valence-corrected chi connectivity index (χ0v) is 11.7. The molecule has 19 heavy (non-hydrogen) atoms. The summed E-state index contributed by atoms with van der Waals surface area (Å²) < 4.78 is 0.955. The van der Waals surface area contributed by atoms with Gasteiger partial charge in [0.05, 0.1) is 0 Å². The van der Waals surface area contributed by atoms with Crippen molar-refractivity contribution >= 4 is 21.7 Å². The van der Waals surface area contributed by atoms with Crippen molar-refractivity contribution < 1.29 is 4.79 Å². The van der Waals surface area contributed by atoms with Crippen molar-refractivity contribution in [2.45, 2.75) is 0 Å². The van der Waals surface area contributed by atoms with E-state index in [0.29, 0.717) is 5.56 Å². The molecule has 2 aromatic rings. The van der Waals surface area contributed by atoms with Gasteiger partial charge in [-0.3, -0.25) is 4.79 Å². The van der Waals surface area contributed by atoms with Crippen molar-refractivity contribution in [1.29, 1.82) is 0 Å². The van der Waals surface area contributed by atoms with E-state index in [1.165, 1.54) is 6.08 Å². The fourth-order valence-electron chi connectivity index (χ4n) is 1.47. The summed E-state index contributed by atoms with van der Waals surface area (Å²) in [6.45, 7) is 0. The number of carbonyl (C=O) groups is 1. The van der Waals surface area contributed by atoms with E-state index in [9.17, 15) is 4.79 Å². The van der Waals surface area contributed by atoms with Crippen molar-refractivity contribution in [3.05, 3.63) is 82.3 Å². The number of carbonyl (C=O) groups excluding carboxylic acids is 1. The predicted octanol–water partition coefficient (Wildman–Crippen LogP) is 4.24. The Balaban J connectivity index is 2.02. The summed E-state index contributed by atoms with van der Waals surface area (Å²) in [4.78, 5) is 11.8. The first kappa shape index (κ1) is 13.3. The van der Waals surface area contributed by atoms with E-state index in [4.69, 9.17) is 0 Å². The molecule has 0 bridgehead atoms. The fraction of sp³-hybridized carbons (Fsp3) is 0. The number of hydrogen-bond donors (Lipinski definition) is 0. The van der Waals surface area contributed by atoms with Gasteiger partial charge in [0, 0.05) is 15.6 Å². The topological polar surface area (TPSA) is 17.1 Å². The van der Waals surface area contributed by atoms with Crippen LogP contribution in [-0.4, -0.2) is 5.78 Å². The van der Waals surface area contributed by atoms with Crippen LogP contribution >= 0.6 is 15.9 Å². The van der Waals surface area contributed by atoms with Gasteiger partial charge in [0.15, 0.2) is 5.78 Å². The minimum atomic E-state index is -0.0464. The minimum Gasteiger partial charge on any atom is -0.289 e. The lowest BCUT2D eigenvalue weighted by atomic mass is 10.1. The fourth-order valence-corrected chi connectivity index (χ4v) is 1.74. The molecule has 0 aliphatic heterocycles. The maximum atomic E-state index is 11.8. The Labute approximate surface area is 121 Å². The molecular formula is C17H11BrO. The monoisotopic (exact) mass is 310 g/mol. The van der Waals surface area contributed by atoms with Crippen molar-refractivity contribution in [3.8, 4) is 11.8 Å². The van der Waals surface area contributed by atoms with Crippen LogP contribution in [0.3, 0.4) is 0 Å². The molecule has 2 rings (SSSR count). The summed E-state index contributed by atoms with van der Waals surface area (Å²) in [5, 5.41) is 0. The number of rotatable bonds is 2. The van der Waals surface area contributed by atoms with Crippen molar-refractivity contribution in [2.24, 2.45) is 0 Å². The van der Waals surface area contributed by atoms with Gasteiger partial charge in [-0.2, -0.15) is 0 Å². The molecule has 0 unspecified atom stereocenters. The third-order valence-corrected chi connectivity index (χ3v) is 2.97. The third-order valence-electron chi connectivity index (χ3n) is 2.44. The van der Waals surface area contributed by atoms with Crippen LogP contribution in [0.2, 0.25) is 0 Å². The van der Waals surface area contributed by atoms with Crippen LogP contribution in [0.15, 0.2) is 71.2 Å². The number of hydrogen-bond acceptors (Lipinski definition) is 1. The van der Waals surface area contributed by atoms with Crippen LogP contribution in [0.25, 0.3) is 0 Å². The second-order valence-corrected chi connectivity index (χ2v) is 4.76. The average molecular weight is 311 g/mol. The van der Waals surface area contributed by atoms with E-state index >= 15 is 0 Å². The standard InChI is InChI=1S/C17H11BrO/c18-16-12-10-15(11-13-16)17(19)9-5-4-8-14-6-2-1-3-7-14/h1-3,5-7,9-13H/b9-5+. The Bertz CT molecular complexity index is 643. The van der Waals surface area contributed by atoms with Crippen LogP contribution in [0, 0.1) is 11.8 Å². The average Bonchev–Trinajstić information content (AvgIpc) is 2.45. The molecule has 0 fully saturated rings. The van der Waals surface area contributed by atoms with Crippen LogP contribution < -0.4 is 0 Å². The Morgan fingerprint density at radius 2 is 1.68 bits per heavy atom. The molecule has 0 aliphatic carbocycles. The molecule has 0 heterocycles. The van der Waals surface area contributed by atoms with Crippen molar-refractivity contribution in [3.63, 3.8) is 0 Å². The highest BCUT2D eigenvalue weighted by molar-refractivity contribution is 9.10. The van der Waals surface area contributed by atoms with E-state index in [1.54, 1.807) is 18.2 Å². The minimum absolute atomic E-state index is 0.0464. The van der Waals surface area contributed by atoms with E-state index in [-0.39, 0.29) is 5.78 Å². The summed E-state index contributed by atoms with van der Waals surface area (Å²) in [5.74, 6) is 5.77. The maximum Gasteiger partial charge on any atom is 0.186 e. The quantitative estimate of drug-likeness (QED) is 0.460. The Morgan fingerprint density at radius 3 is 2.37 bits per heavy atom. The van der Waals surface area contributed by atoms with Crippen molar-refractivity contribution in [2.75, 3.05) is 0 Å². The third kappa shape index (κ3) is 4.24. The van der Waals surface area contributed by atoms with E-state index in [1.807, 2.05) is 42.5 Å². The molecule has 0 spiro atoms. The van der Waals surface area contributed by atoms with Gasteiger partial charge in [-0.05, 0) is 48.6 Å². The second-order valence-electron chi connectivity index (χ2n) is 3.84. The Hall–Kier alpha value is -2.11. The molecular weight excluding hydrogens is 300 g/mol. The summed E-state index contributed by atoms with van der Waals surface area (Å²) >= 11 is 3.33. The van der Waals surface area contributed by atoms with Gasteiger partial charge in [0.1, 0.15) is 0 Å². The molecule has 0 radical (unpaired) electrons. The highest BCUT2D eigenvalue weighted by Gasteiger charge is 1.99. The molecule has 0 N–H and O–H groups in total. The van der Waals surface area contributed by atoms with E-state index in [0.717, 1.165) is 10.0 Å². The Kier molecular flexibility index (Phi) is 4.72. The molecule has 2 heteroatoms. The number of halogens is 1. The van der Waals surface area contributed by atoms with Crippen LogP contribution in [0.1, 0.15) is 15.9 Å². The first-order chi connectivity index (χ1) is 9.25. The summed E-state index contributed by atoms with van der Waals surface area (Å²) in [6.07, 6.45) is 3.07. The predicted molar refractivity (Wildman–Crippen MR) is 80.9 cm³/mol. The molecule has 92 valence electrons.